The van der Waals surface area contributed by atoms with Crippen LogP contribution in [0.1, 0.15) is 38.3 Å². The van der Waals surface area contributed by atoms with Crippen LogP contribution in [0, 0.1) is 19.8 Å². The molecule has 138 valence electrons. The van der Waals surface area contributed by atoms with E-state index in [4.69, 9.17) is 0 Å². The van der Waals surface area contributed by atoms with Gasteiger partial charge in [-0.1, -0.05) is 0 Å². The fraction of sp³-hybridized carbons (Fsp3) is 0.765. The highest BCUT2D eigenvalue weighted by molar-refractivity contribution is 6.06. The number of aromatic nitrogens is 3. The van der Waals surface area contributed by atoms with Crippen molar-refractivity contribution in [3.8, 4) is 0 Å². The molecular formula is C17H28N6O2. The van der Waals surface area contributed by atoms with Crippen LogP contribution in [0.2, 0.25) is 0 Å². The van der Waals surface area contributed by atoms with E-state index in [2.05, 4.69) is 20.3 Å². The summed E-state index contributed by atoms with van der Waals surface area (Å²) in [4.78, 5) is 32.3. The highest BCUT2D eigenvalue weighted by atomic mass is 16.2. The van der Waals surface area contributed by atoms with E-state index in [0.29, 0.717) is 12.5 Å². The summed E-state index contributed by atoms with van der Waals surface area (Å²) >= 11 is 0. The number of aryl methyl sites for hydroxylation is 2. The fourth-order valence-electron chi connectivity index (χ4n) is 3.74. The van der Waals surface area contributed by atoms with Gasteiger partial charge in [0.2, 0.25) is 0 Å². The normalized spacial score (nSPS) is 24.0. The van der Waals surface area contributed by atoms with Gasteiger partial charge < -0.3 is 10.2 Å². The Kier molecular flexibility index (Phi) is 4.81. The maximum absolute atomic E-state index is 12.3. The van der Waals surface area contributed by atoms with Gasteiger partial charge >= 0.3 is 6.03 Å². The molecule has 2 fully saturated rings. The molecule has 3 amide bonds. The monoisotopic (exact) mass is 348 g/mol. The Morgan fingerprint density at radius 1 is 1.24 bits per heavy atom. The third-order valence-electron chi connectivity index (χ3n) is 5.08. The molecule has 0 radical (unpaired) electrons. The first-order valence-electron chi connectivity index (χ1n) is 9.01. The summed E-state index contributed by atoms with van der Waals surface area (Å²) in [6, 6.07) is -0.280. The lowest BCUT2D eigenvalue weighted by molar-refractivity contribution is -0.130. The van der Waals surface area contributed by atoms with Crippen molar-refractivity contribution < 1.29 is 9.59 Å². The number of piperidine rings is 1. The van der Waals surface area contributed by atoms with Crippen LogP contribution in [-0.4, -0.2) is 68.2 Å². The van der Waals surface area contributed by atoms with Gasteiger partial charge in [0.25, 0.3) is 5.91 Å². The summed E-state index contributed by atoms with van der Waals surface area (Å²) in [6.45, 7) is 11.4. The standard InChI is InChI=1S/C17H28N6O2/c1-12-18-13(2)23(20-12)11-14-6-5-7-21(10-14)8-9-22-15(24)17(3,4)19-16(22)25/h14H,5-11H2,1-4H3,(H,19,25)/t14-/m1/s1. The summed E-state index contributed by atoms with van der Waals surface area (Å²) in [7, 11) is 0. The van der Waals surface area contributed by atoms with Crippen LogP contribution >= 0.6 is 0 Å². The van der Waals surface area contributed by atoms with Gasteiger partial charge in [-0.05, 0) is 53.0 Å². The molecule has 0 saturated carbocycles. The molecule has 2 saturated heterocycles. The number of amides is 3. The molecular weight excluding hydrogens is 320 g/mol. The van der Waals surface area contributed by atoms with E-state index in [1.54, 1.807) is 13.8 Å². The van der Waals surface area contributed by atoms with Gasteiger partial charge in [0, 0.05) is 26.2 Å². The highest BCUT2D eigenvalue weighted by Gasteiger charge is 2.44. The minimum atomic E-state index is -0.788. The van der Waals surface area contributed by atoms with Gasteiger partial charge in [-0.15, -0.1) is 0 Å². The topological polar surface area (TPSA) is 83.4 Å². The molecule has 0 unspecified atom stereocenters. The number of carbonyl (C=O) groups is 2. The van der Waals surface area contributed by atoms with Crippen molar-refractivity contribution >= 4 is 11.9 Å². The van der Waals surface area contributed by atoms with E-state index in [1.807, 2.05) is 18.5 Å². The van der Waals surface area contributed by atoms with Crippen LogP contribution in [0.15, 0.2) is 0 Å². The maximum Gasteiger partial charge on any atom is 0.325 e. The fourth-order valence-corrected chi connectivity index (χ4v) is 3.74. The molecule has 25 heavy (non-hydrogen) atoms. The first kappa shape index (κ1) is 17.8. The van der Waals surface area contributed by atoms with Crippen molar-refractivity contribution in [1.29, 1.82) is 0 Å². The Morgan fingerprint density at radius 2 is 2.00 bits per heavy atom. The van der Waals surface area contributed by atoms with E-state index in [1.165, 1.54) is 11.3 Å². The molecule has 0 aliphatic carbocycles. The van der Waals surface area contributed by atoms with Crippen molar-refractivity contribution in [2.45, 2.75) is 52.6 Å². The molecule has 1 aromatic heterocycles. The molecule has 0 aromatic carbocycles. The van der Waals surface area contributed by atoms with E-state index in [0.717, 1.165) is 44.2 Å². The van der Waals surface area contributed by atoms with Gasteiger partial charge in [0.15, 0.2) is 0 Å². The Bertz CT molecular complexity index is 668. The zero-order valence-electron chi connectivity index (χ0n) is 15.6. The zero-order valence-corrected chi connectivity index (χ0v) is 15.6. The molecule has 1 N–H and O–H groups in total. The predicted molar refractivity (Wildman–Crippen MR) is 93.0 cm³/mol. The summed E-state index contributed by atoms with van der Waals surface area (Å²) in [5.74, 6) is 2.15. The van der Waals surface area contributed by atoms with E-state index < -0.39 is 5.54 Å². The number of nitrogens with one attached hydrogen (secondary N) is 1. The van der Waals surface area contributed by atoms with E-state index in [-0.39, 0.29) is 11.9 Å². The van der Waals surface area contributed by atoms with Crippen molar-refractivity contribution in [3.63, 3.8) is 0 Å². The molecule has 1 aromatic rings. The lowest BCUT2D eigenvalue weighted by Gasteiger charge is -2.33. The van der Waals surface area contributed by atoms with Crippen molar-refractivity contribution in [2.75, 3.05) is 26.2 Å². The molecule has 0 bridgehead atoms. The van der Waals surface area contributed by atoms with Gasteiger partial charge in [0.05, 0.1) is 0 Å². The Labute approximate surface area is 148 Å². The second-order valence-corrected chi connectivity index (χ2v) is 7.71. The average molecular weight is 348 g/mol. The highest BCUT2D eigenvalue weighted by Crippen LogP contribution is 2.20. The smallest absolute Gasteiger partial charge is 0.324 e. The maximum atomic E-state index is 12.3. The van der Waals surface area contributed by atoms with Crippen molar-refractivity contribution in [1.82, 2.24) is 29.9 Å². The van der Waals surface area contributed by atoms with E-state index >= 15 is 0 Å². The number of hydrogen-bond donors (Lipinski definition) is 1. The van der Waals surface area contributed by atoms with Gasteiger partial charge in [0.1, 0.15) is 17.2 Å². The lowest BCUT2D eigenvalue weighted by atomic mass is 9.98. The number of nitrogens with zero attached hydrogens (tertiary/aromatic N) is 5. The van der Waals surface area contributed by atoms with Crippen LogP contribution < -0.4 is 5.32 Å². The average Bonchev–Trinajstić information content (AvgIpc) is 2.94. The van der Waals surface area contributed by atoms with Crippen LogP contribution in [0.25, 0.3) is 0 Å². The number of imide groups is 1. The Morgan fingerprint density at radius 3 is 2.60 bits per heavy atom. The molecule has 2 aliphatic rings. The second kappa shape index (κ2) is 6.74. The quantitative estimate of drug-likeness (QED) is 0.801. The summed E-state index contributed by atoms with van der Waals surface area (Å²) in [5, 5.41) is 7.19. The van der Waals surface area contributed by atoms with Crippen LogP contribution in [-0.2, 0) is 11.3 Å². The van der Waals surface area contributed by atoms with E-state index in [9.17, 15) is 9.59 Å². The van der Waals surface area contributed by atoms with Gasteiger partial charge in [-0.2, -0.15) is 5.10 Å². The summed E-state index contributed by atoms with van der Waals surface area (Å²) in [5.41, 5.74) is -0.788. The number of rotatable bonds is 5. The third kappa shape index (κ3) is 3.84. The SMILES string of the molecule is Cc1nc(C)n(C[C@@H]2CCCN(CCN3C(=O)NC(C)(C)C3=O)C2)n1. The number of urea groups is 1. The molecule has 8 heteroatoms. The second-order valence-electron chi connectivity index (χ2n) is 7.71. The predicted octanol–water partition coefficient (Wildman–Crippen LogP) is 0.937. The third-order valence-corrected chi connectivity index (χ3v) is 5.08. The molecule has 1 atom stereocenters. The summed E-state index contributed by atoms with van der Waals surface area (Å²) < 4.78 is 1.99. The molecule has 3 rings (SSSR count). The Balaban J connectivity index is 1.53. The Hall–Kier alpha value is -1.96. The largest absolute Gasteiger partial charge is 0.325 e. The number of hydrogen-bond acceptors (Lipinski definition) is 5. The lowest BCUT2D eigenvalue weighted by Crippen LogP contribution is -2.44. The molecule has 0 spiro atoms. The molecule has 3 heterocycles. The van der Waals surface area contributed by atoms with Gasteiger partial charge in [-0.25, -0.2) is 14.5 Å². The van der Waals surface area contributed by atoms with Crippen LogP contribution in [0.3, 0.4) is 0 Å². The van der Waals surface area contributed by atoms with Crippen molar-refractivity contribution in [3.05, 3.63) is 11.6 Å². The first-order valence-corrected chi connectivity index (χ1v) is 9.01. The molecule has 2 aliphatic heterocycles. The summed E-state index contributed by atoms with van der Waals surface area (Å²) in [6.07, 6.45) is 2.30. The minimum absolute atomic E-state index is 0.139. The molecule has 8 nitrogen and oxygen atoms in total. The number of likely N-dealkylation sites (tertiary alicyclic amines) is 1. The number of carbonyl (C=O) groups excluding carboxylic acids is 2. The van der Waals surface area contributed by atoms with Crippen LogP contribution in [0.5, 0.6) is 0 Å². The van der Waals surface area contributed by atoms with Crippen LogP contribution in [0.4, 0.5) is 4.79 Å². The van der Waals surface area contributed by atoms with Crippen molar-refractivity contribution in [2.24, 2.45) is 5.92 Å². The minimum Gasteiger partial charge on any atom is -0.324 e. The zero-order chi connectivity index (χ0) is 18.2. The van der Waals surface area contributed by atoms with Gasteiger partial charge in [-0.3, -0.25) is 9.69 Å². The first-order chi connectivity index (χ1) is 11.8.